The first kappa shape index (κ1) is 26.2. The van der Waals surface area contributed by atoms with Crippen LogP contribution in [0.5, 0.6) is 0 Å². The molecule has 0 fully saturated rings. The number of hydrogen-bond acceptors (Lipinski definition) is 5. The second kappa shape index (κ2) is 11.8. The molecule has 7 nitrogen and oxygen atoms in total. The van der Waals surface area contributed by atoms with E-state index in [0.29, 0.717) is 23.1 Å². The molecule has 0 unspecified atom stereocenters. The number of carbonyl (C=O) groups is 2. The lowest BCUT2D eigenvalue weighted by molar-refractivity contribution is -0.113. The van der Waals surface area contributed by atoms with Crippen molar-refractivity contribution in [1.29, 1.82) is 0 Å². The molecule has 1 aromatic heterocycles. The van der Waals surface area contributed by atoms with Crippen molar-refractivity contribution in [2.45, 2.75) is 52.4 Å². The average molecular weight is 592 g/mol. The Bertz CT molecular complexity index is 1180. The molecule has 0 radical (unpaired) electrons. The number of anilines is 1. The van der Waals surface area contributed by atoms with Gasteiger partial charge >= 0.3 is 0 Å². The molecule has 9 heteroatoms. The van der Waals surface area contributed by atoms with E-state index < -0.39 is 0 Å². The van der Waals surface area contributed by atoms with Crippen LogP contribution in [0.4, 0.5) is 5.69 Å². The Balaban J connectivity index is 1.72. The first-order valence-corrected chi connectivity index (χ1v) is 13.3. The normalized spacial score (nSPS) is 12.0. The first-order valence-electron chi connectivity index (χ1n) is 11.2. The quantitative estimate of drug-likeness (QED) is 0.258. The Labute approximate surface area is 218 Å². The largest absolute Gasteiger partial charge is 0.342 e. The summed E-state index contributed by atoms with van der Waals surface area (Å²) in [5.74, 6) is 0.762. The summed E-state index contributed by atoms with van der Waals surface area (Å²) in [7, 11) is 0. The van der Waals surface area contributed by atoms with Gasteiger partial charge in [0.1, 0.15) is 0 Å². The van der Waals surface area contributed by atoms with Crippen LogP contribution in [0.3, 0.4) is 0 Å². The molecular formula is C25H30IN5O2S. The fraction of sp³-hybridized carbons (Fsp3) is 0.360. The van der Waals surface area contributed by atoms with Crippen molar-refractivity contribution < 1.29 is 9.59 Å². The van der Waals surface area contributed by atoms with Crippen molar-refractivity contribution in [3.8, 4) is 0 Å². The second-order valence-corrected chi connectivity index (χ2v) is 10.6. The Morgan fingerprint density at radius 1 is 1.12 bits per heavy atom. The van der Waals surface area contributed by atoms with Crippen LogP contribution in [0.25, 0.3) is 0 Å². The lowest BCUT2D eigenvalue weighted by atomic mass is 10.0. The van der Waals surface area contributed by atoms with Crippen molar-refractivity contribution in [2.24, 2.45) is 5.92 Å². The topological polar surface area (TPSA) is 88.9 Å². The van der Waals surface area contributed by atoms with E-state index in [9.17, 15) is 9.59 Å². The lowest BCUT2D eigenvalue weighted by Crippen LogP contribution is -2.33. The maximum Gasteiger partial charge on any atom is 0.251 e. The molecule has 0 bridgehead atoms. The van der Waals surface area contributed by atoms with E-state index in [1.54, 1.807) is 6.07 Å². The zero-order valence-corrected chi connectivity index (χ0v) is 23.0. The van der Waals surface area contributed by atoms with E-state index >= 15 is 0 Å². The highest BCUT2D eigenvalue weighted by Gasteiger charge is 2.26. The number of hydrogen-bond donors (Lipinski definition) is 2. The highest BCUT2D eigenvalue weighted by molar-refractivity contribution is 14.1. The summed E-state index contributed by atoms with van der Waals surface area (Å²) >= 11 is 3.59. The summed E-state index contributed by atoms with van der Waals surface area (Å²) in [6, 6.07) is 13.1. The van der Waals surface area contributed by atoms with Gasteiger partial charge in [-0.2, -0.15) is 0 Å². The number of carbonyl (C=O) groups excluding carboxylic acids is 2. The molecule has 2 aromatic carbocycles. The molecule has 3 rings (SSSR count). The highest BCUT2D eigenvalue weighted by atomic mass is 127. The molecule has 3 aromatic rings. The van der Waals surface area contributed by atoms with Crippen molar-refractivity contribution in [3.05, 3.63) is 68.5 Å². The zero-order chi connectivity index (χ0) is 24.8. The SMILES string of the molecule is CCn1c(SCC(=O)Nc2ccc(I)cc2C)nnc1[C@H](NC(=O)c1cccc(C)c1)C(C)C. The van der Waals surface area contributed by atoms with Crippen molar-refractivity contribution in [3.63, 3.8) is 0 Å². The van der Waals surface area contributed by atoms with Crippen LogP contribution in [0.1, 0.15) is 54.1 Å². The fourth-order valence-electron chi connectivity index (χ4n) is 3.56. The Morgan fingerprint density at radius 3 is 2.53 bits per heavy atom. The van der Waals surface area contributed by atoms with Gasteiger partial charge in [-0.05, 0) is 85.2 Å². The van der Waals surface area contributed by atoms with Crippen LogP contribution in [0.2, 0.25) is 0 Å². The standard InChI is InChI=1S/C25H30IN5O2S/c1-6-31-23(22(15(2)3)28-24(33)18-9-7-8-16(4)12-18)29-30-25(31)34-14-21(32)27-20-11-10-19(26)13-17(20)5/h7-13,15,22H,6,14H2,1-5H3,(H,27,32)(H,28,33)/t22-/m1/s1. The van der Waals surface area contributed by atoms with Gasteiger partial charge in [-0.15, -0.1) is 10.2 Å². The van der Waals surface area contributed by atoms with Gasteiger partial charge in [0.05, 0.1) is 11.8 Å². The third kappa shape index (κ3) is 6.59. The van der Waals surface area contributed by atoms with E-state index in [4.69, 9.17) is 0 Å². The molecule has 1 atom stereocenters. The molecule has 1 heterocycles. The molecule has 0 aliphatic carbocycles. The van der Waals surface area contributed by atoms with Gasteiger partial charge in [0, 0.05) is 21.4 Å². The predicted molar refractivity (Wildman–Crippen MR) is 145 cm³/mol. The third-order valence-corrected chi connectivity index (χ3v) is 7.01. The molecule has 0 saturated heterocycles. The van der Waals surface area contributed by atoms with E-state index in [1.165, 1.54) is 11.8 Å². The number of thioether (sulfide) groups is 1. The Hall–Kier alpha value is -2.40. The van der Waals surface area contributed by atoms with Crippen LogP contribution in [-0.2, 0) is 11.3 Å². The van der Waals surface area contributed by atoms with Crippen LogP contribution in [-0.4, -0.2) is 32.3 Å². The molecule has 0 aliphatic rings. The molecule has 0 spiro atoms. The maximum atomic E-state index is 12.9. The molecular weight excluding hydrogens is 561 g/mol. The summed E-state index contributed by atoms with van der Waals surface area (Å²) in [4.78, 5) is 25.5. The molecule has 34 heavy (non-hydrogen) atoms. The molecule has 2 amide bonds. The van der Waals surface area contributed by atoms with Gasteiger partial charge < -0.3 is 15.2 Å². The minimum atomic E-state index is -0.307. The highest BCUT2D eigenvalue weighted by Crippen LogP contribution is 2.26. The monoisotopic (exact) mass is 591 g/mol. The van der Waals surface area contributed by atoms with E-state index in [-0.39, 0.29) is 29.5 Å². The summed E-state index contributed by atoms with van der Waals surface area (Å²) in [5.41, 5.74) is 3.48. The third-order valence-electron chi connectivity index (χ3n) is 5.37. The fourth-order valence-corrected chi connectivity index (χ4v) is 5.01. The number of rotatable bonds is 9. The van der Waals surface area contributed by atoms with Crippen molar-refractivity contribution >= 4 is 51.9 Å². The van der Waals surface area contributed by atoms with Gasteiger partial charge in [-0.25, -0.2) is 0 Å². The molecule has 0 saturated carbocycles. The number of benzene rings is 2. The van der Waals surface area contributed by atoms with Gasteiger partial charge in [-0.1, -0.05) is 43.3 Å². The number of nitrogens with zero attached hydrogens (tertiary/aromatic N) is 3. The number of nitrogens with one attached hydrogen (secondary N) is 2. The minimum Gasteiger partial charge on any atom is -0.342 e. The molecule has 180 valence electrons. The van der Waals surface area contributed by atoms with Gasteiger partial charge in [0.25, 0.3) is 5.91 Å². The Kier molecular flexibility index (Phi) is 9.12. The summed E-state index contributed by atoms with van der Waals surface area (Å²) < 4.78 is 3.09. The maximum absolute atomic E-state index is 12.9. The van der Waals surface area contributed by atoms with Gasteiger partial charge in [0.15, 0.2) is 11.0 Å². The van der Waals surface area contributed by atoms with Crippen molar-refractivity contribution in [2.75, 3.05) is 11.1 Å². The average Bonchev–Trinajstić information content (AvgIpc) is 3.20. The first-order chi connectivity index (χ1) is 16.2. The smallest absolute Gasteiger partial charge is 0.251 e. The number of aryl methyl sites for hydroxylation is 2. The van der Waals surface area contributed by atoms with Crippen LogP contribution < -0.4 is 10.6 Å². The summed E-state index contributed by atoms with van der Waals surface area (Å²) in [6.45, 7) is 10.7. The summed E-state index contributed by atoms with van der Waals surface area (Å²) in [5, 5.41) is 15.5. The van der Waals surface area contributed by atoms with Gasteiger partial charge in [-0.3, -0.25) is 9.59 Å². The lowest BCUT2D eigenvalue weighted by Gasteiger charge is -2.22. The molecule has 0 aliphatic heterocycles. The summed E-state index contributed by atoms with van der Waals surface area (Å²) in [6.07, 6.45) is 0. The number of halogens is 1. The number of aromatic nitrogens is 3. The van der Waals surface area contributed by atoms with E-state index in [2.05, 4.69) is 43.4 Å². The van der Waals surface area contributed by atoms with Crippen LogP contribution in [0.15, 0.2) is 47.6 Å². The van der Waals surface area contributed by atoms with E-state index in [1.807, 2.05) is 75.6 Å². The van der Waals surface area contributed by atoms with Crippen LogP contribution in [0, 0.1) is 23.3 Å². The Morgan fingerprint density at radius 2 is 1.88 bits per heavy atom. The molecule has 2 N–H and O–H groups in total. The van der Waals surface area contributed by atoms with Gasteiger partial charge in [0.2, 0.25) is 5.91 Å². The number of amides is 2. The predicted octanol–water partition coefficient (Wildman–Crippen LogP) is 5.38. The van der Waals surface area contributed by atoms with Crippen LogP contribution >= 0.6 is 34.4 Å². The van der Waals surface area contributed by atoms with Crippen molar-refractivity contribution in [1.82, 2.24) is 20.1 Å². The zero-order valence-electron chi connectivity index (χ0n) is 20.1. The second-order valence-electron chi connectivity index (χ2n) is 8.45. The minimum absolute atomic E-state index is 0.102. The van der Waals surface area contributed by atoms with E-state index in [0.717, 1.165) is 20.4 Å².